The summed E-state index contributed by atoms with van der Waals surface area (Å²) < 4.78 is 5.66. The molecule has 0 saturated carbocycles. The van der Waals surface area contributed by atoms with Gasteiger partial charge in [0.25, 0.3) is 0 Å². The highest BCUT2D eigenvalue weighted by molar-refractivity contribution is 6.30. The third kappa shape index (κ3) is 2.99. The summed E-state index contributed by atoms with van der Waals surface area (Å²) in [6, 6.07) is 3.94. The van der Waals surface area contributed by atoms with E-state index in [1.807, 2.05) is 12.1 Å². The van der Waals surface area contributed by atoms with Gasteiger partial charge in [0.15, 0.2) is 0 Å². The summed E-state index contributed by atoms with van der Waals surface area (Å²) in [6.45, 7) is 6.90. The van der Waals surface area contributed by atoms with E-state index in [4.69, 9.17) is 16.3 Å². The molecule has 1 heterocycles. The van der Waals surface area contributed by atoms with E-state index in [2.05, 4.69) is 20.8 Å². The van der Waals surface area contributed by atoms with Gasteiger partial charge in [-0.1, -0.05) is 32.4 Å². The minimum atomic E-state index is -0.312. The summed E-state index contributed by atoms with van der Waals surface area (Å²) in [5.41, 5.74) is 2.24. The van der Waals surface area contributed by atoms with Crippen LogP contribution in [0.3, 0.4) is 0 Å². The number of halogens is 1. The Morgan fingerprint density at radius 1 is 1.39 bits per heavy atom. The van der Waals surface area contributed by atoms with Gasteiger partial charge in [-0.2, -0.15) is 0 Å². The Hall–Kier alpha value is -0.730. The highest BCUT2D eigenvalue weighted by Crippen LogP contribution is 2.34. The fourth-order valence-electron chi connectivity index (χ4n) is 2.26. The molecule has 2 nitrogen and oxygen atoms in total. The number of hydrogen-bond donors (Lipinski definition) is 1. The highest BCUT2D eigenvalue weighted by Gasteiger charge is 2.23. The minimum absolute atomic E-state index is 0.0807. The van der Waals surface area contributed by atoms with Crippen molar-refractivity contribution in [2.24, 2.45) is 5.41 Å². The molecule has 1 atom stereocenters. The van der Waals surface area contributed by atoms with Gasteiger partial charge in [-0.25, -0.2) is 0 Å². The van der Waals surface area contributed by atoms with Crippen molar-refractivity contribution >= 4 is 11.6 Å². The SMILES string of the molecule is CC(C)(C)C(O)CCc1cc(Cl)cc2c1OCC2. The van der Waals surface area contributed by atoms with E-state index in [0.29, 0.717) is 0 Å². The molecule has 1 unspecified atom stereocenters. The largest absolute Gasteiger partial charge is 0.493 e. The van der Waals surface area contributed by atoms with Gasteiger partial charge in [0.1, 0.15) is 5.75 Å². The fourth-order valence-corrected chi connectivity index (χ4v) is 2.52. The van der Waals surface area contributed by atoms with Crippen LogP contribution in [0, 0.1) is 5.41 Å². The predicted octanol–water partition coefficient (Wildman–Crippen LogP) is 3.61. The first-order valence-corrected chi connectivity index (χ1v) is 6.88. The molecule has 0 aliphatic carbocycles. The second-order valence-electron chi connectivity index (χ2n) is 6.07. The van der Waals surface area contributed by atoms with Gasteiger partial charge in [-0.15, -0.1) is 0 Å². The van der Waals surface area contributed by atoms with Crippen LogP contribution < -0.4 is 4.74 Å². The monoisotopic (exact) mass is 268 g/mol. The summed E-state index contributed by atoms with van der Waals surface area (Å²) in [5, 5.41) is 10.9. The first kappa shape index (κ1) is 13.7. The first-order chi connectivity index (χ1) is 8.38. The Morgan fingerprint density at radius 2 is 2.11 bits per heavy atom. The molecule has 1 aromatic carbocycles. The van der Waals surface area contributed by atoms with Crippen molar-refractivity contribution in [2.45, 2.75) is 46.1 Å². The molecule has 0 radical (unpaired) electrons. The van der Waals surface area contributed by atoms with Crippen LogP contribution in [0.1, 0.15) is 38.3 Å². The number of fused-ring (bicyclic) bond motifs is 1. The van der Waals surface area contributed by atoms with E-state index in [-0.39, 0.29) is 11.5 Å². The molecule has 18 heavy (non-hydrogen) atoms. The summed E-state index contributed by atoms with van der Waals surface area (Å²) >= 11 is 6.12. The van der Waals surface area contributed by atoms with E-state index < -0.39 is 0 Å². The molecule has 0 amide bonds. The molecule has 0 bridgehead atoms. The van der Waals surface area contributed by atoms with E-state index in [1.54, 1.807) is 0 Å². The maximum absolute atomic E-state index is 10.1. The molecular formula is C15H21ClO2. The summed E-state index contributed by atoms with van der Waals surface area (Å²) in [7, 11) is 0. The second kappa shape index (κ2) is 5.10. The topological polar surface area (TPSA) is 29.5 Å². The summed E-state index contributed by atoms with van der Waals surface area (Å²) in [5.74, 6) is 0.987. The third-order valence-corrected chi connectivity index (χ3v) is 3.73. The lowest BCUT2D eigenvalue weighted by Crippen LogP contribution is -2.26. The Labute approximate surface area is 114 Å². The molecule has 0 aromatic heterocycles. The number of aliphatic hydroxyl groups excluding tert-OH is 1. The van der Waals surface area contributed by atoms with Crippen molar-refractivity contribution in [1.82, 2.24) is 0 Å². The molecule has 0 saturated heterocycles. The minimum Gasteiger partial charge on any atom is -0.493 e. The lowest BCUT2D eigenvalue weighted by atomic mass is 9.85. The average molecular weight is 269 g/mol. The Kier molecular flexibility index (Phi) is 3.88. The van der Waals surface area contributed by atoms with Crippen molar-refractivity contribution in [3.8, 4) is 5.75 Å². The number of ether oxygens (including phenoxy) is 1. The Bertz CT molecular complexity index is 435. The maximum Gasteiger partial charge on any atom is 0.125 e. The van der Waals surface area contributed by atoms with Gasteiger partial charge in [-0.05, 0) is 41.5 Å². The van der Waals surface area contributed by atoms with Crippen LogP contribution in [-0.4, -0.2) is 17.8 Å². The molecule has 100 valence electrons. The summed E-state index contributed by atoms with van der Waals surface area (Å²) in [4.78, 5) is 0. The molecule has 1 aliphatic rings. The van der Waals surface area contributed by atoms with Gasteiger partial charge in [-0.3, -0.25) is 0 Å². The van der Waals surface area contributed by atoms with E-state index in [1.165, 1.54) is 5.56 Å². The highest BCUT2D eigenvalue weighted by atomic mass is 35.5. The Morgan fingerprint density at radius 3 is 2.78 bits per heavy atom. The second-order valence-corrected chi connectivity index (χ2v) is 6.51. The number of benzene rings is 1. The molecule has 2 rings (SSSR count). The van der Waals surface area contributed by atoms with Crippen LogP contribution in [0.25, 0.3) is 0 Å². The standard InChI is InChI=1S/C15H21ClO2/c1-15(2,3)13(17)5-4-10-8-12(16)9-11-6-7-18-14(10)11/h8-9,13,17H,4-7H2,1-3H3. The van der Waals surface area contributed by atoms with Gasteiger partial charge in [0, 0.05) is 11.4 Å². The van der Waals surface area contributed by atoms with Crippen molar-refractivity contribution in [3.05, 3.63) is 28.3 Å². The Balaban J connectivity index is 2.11. The van der Waals surface area contributed by atoms with Crippen LogP contribution >= 0.6 is 11.6 Å². The van der Waals surface area contributed by atoms with Gasteiger partial charge >= 0.3 is 0 Å². The van der Waals surface area contributed by atoms with Crippen LogP contribution in [0.5, 0.6) is 5.75 Å². The fraction of sp³-hybridized carbons (Fsp3) is 0.600. The molecule has 1 aromatic rings. The van der Waals surface area contributed by atoms with Crippen LogP contribution in [-0.2, 0) is 12.8 Å². The van der Waals surface area contributed by atoms with Crippen molar-refractivity contribution in [1.29, 1.82) is 0 Å². The molecule has 1 aliphatic heterocycles. The summed E-state index contributed by atoms with van der Waals surface area (Å²) in [6.07, 6.45) is 2.17. The maximum atomic E-state index is 10.1. The molecule has 0 fully saturated rings. The smallest absolute Gasteiger partial charge is 0.125 e. The zero-order chi connectivity index (χ0) is 13.3. The van der Waals surface area contributed by atoms with Crippen LogP contribution in [0.2, 0.25) is 5.02 Å². The quantitative estimate of drug-likeness (QED) is 0.907. The van der Waals surface area contributed by atoms with Gasteiger partial charge in [0.2, 0.25) is 0 Å². The number of hydrogen-bond acceptors (Lipinski definition) is 2. The van der Waals surface area contributed by atoms with Crippen LogP contribution in [0.4, 0.5) is 0 Å². The third-order valence-electron chi connectivity index (χ3n) is 3.51. The lowest BCUT2D eigenvalue weighted by molar-refractivity contribution is 0.0559. The van der Waals surface area contributed by atoms with Gasteiger partial charge in [0.05, 0.1) is 12.7 Å². The average Bonchev–Trinajstić information content (AvgIpc) is 2.71. The number of aryl methyl sites for hydroxylation is 1. The predicted molar refractivity (Wildman–Crippen MR) is 74.4 cm³/mol. The lowest BCUT2D eigenvalue weighted by Gasteiger charge is -2.26. The van der Waals surface area contributed by atoms with Gasteiger partial charge < -0.3 is 9.84 Å². The van der Waals surface area contributed by atoms with Crippen LogP contribution in [0.15, 0.2) is 12.1 Å². The normalized spacial score (nSPS) is 16.3. The zero-order valence-electron chi connectivity index (χ0n) is 11.3. The van der Waals surface area contributed by atoms with E-state index in [0.717, 1.165) is 42.2 Å². The van der Waals surface area contributed by atoms with Crippen molar-refractivity contribution < 1.29 is 9.84 Å². The van der Waals surface area contributed by atoms with E-state index >= 15 is 0 Å². The number of aliphatic hydroxyl groups is 1. The number of rotatable bonds is 3. The molecular weight excluding hydrogens is 248 g/mol. The molecule has 1 N–H and O–H groups in total. The first-order valence-electron chi connectivity index (χ1n) is 6.50. The van der Waals surface area contributed by atoms with Crippen molar-refractivity contribution in [2.75, 3.05) is 6.61 Å². The molecule has 0 spiro atoms. The van der Waals surface area contributed by atoms with Crippen molar-refractivity contribution in [3.63, 3.8) is 0 Å². The zero-order valence-corrected chi connectivity index (χ0v) is 12.0. The van der Waals surface area contributed by atoms with E-state index in [9.17, 15) is 5.11 Å². The molecule has 3 heteroatoms.